The van der Waals surface area contributed by atoms with E-state index in [1.807, 2.05) is 37.4 Å². The Morgan fingerprint density at radius 3 is 2.62 bits per heavy atom. The van der Waals surface area contributed by atoms with Crippen molar-refractivity contribution in [2.45, 2.75) is 0 Å². The fraction of sp³-hybridized carbons (Fsp3) is 0.0714. The zero-order valence-electron chi connectivity index (χ0n) is 10.9. The SMILES string of the molecule is Cn1nc(-c2cc(Br)c(Br)s2)c(-c2ccccc2Cl)c1N. The average molecular weight is 448 g/mol. The number of anilines is 1. The number of thiophene rings is 1. The first-order valence-corrected chi connectivity index (χ1v) is 8.79. The quantitative estimate of drug-likeness (QED) is 0.558. The summed E-state index contributed by atoms with van der Waals surface area (Å²) in [5, 5.41) is 5.21. The van der Waals surface area contributed by atoms with E-state index in [9.17, 15) is 0 Å². The Labute approximate surface area is 148 Å². The highest BCUT2D eigenvalue weighted by Crippen LogP contribution is 2.44. The number of halogens is 3. The molecule has 108 valence electrons. The van der Waals surface area contributed by atoms with Crippen molar-refractivity contribution in [1.82, 2.24) is 9.78 Å². The van der Waals surface area contributed by atoms with Crippen LogP contribution in [0.15, 0.2) is 38.6 Å². The standard InChI is InChI=1S/C14H10Br2ClN3S/c1-20-14(18)11(7-4-2-3-5-9(7)17)12(19-20)10-6-8(15)13(16)21-10/h2-6H,18H2,1H3. The van der Waals surface area contributed by atoms with Crippen molar-refractivity contribution < 1.29 is 0 Å². The van der Waals surface area contributed by atoms with E-state index >= 15 is 0 Å². The monoisotopic (exact) mass is 445 g/mol. The molecule has 0 aliphatic heterocycles. The molecule has 0 atom stereocenters. The average Bonchev–Trinajstić information content (AvgIpc) is 2.93. The van der Waals surface area contributed by atoms with Gasteiger partial charge in [0.25, 0.3) is 0 Å². The highest BCUT2D eigenvalue weighted by atomic mass is 79.9. The molecule has 0 saturated carbocycles. The van der Waals surface area contributed by atoms with Crippen molar-refractivity contribution in [3.05, 3.63) is 43.6 Å². The molecule has 0 unspecified atom stereocenters. The molecule has 2 aromatic heterocycles. The third-order valence-corrected chi connectivity index (χ3v) is 6.71. The van der Waals surface area contributed by atoms with Crippen molar-refractivity contribution in [2.24, 2.45) is 7.05 Å². The highest BCUT2D eigenvalue weighted by molar-refractivity contribution is 9.13. The molecular weight excluding hydrogens is 438 g/mol. The topological polar surface area (TPSA) is 43.8 Å². The van der Waals surface area contributed by atoms with Gasteiger partial charge in [0.1, 0.15) is 11.5 Å². The van der Waals surface area contributed by atoms with Gasteiger partial charge in [-0.25, -0.2) is 0 Å². The van der Waals surface area contributed by atoms with Crippen molar-refractivity contribution >= 4 is 60.6 Å². The van der Waals surface area contributed by atoms with Gasteiger partial charge < -0.3 is 5.73 Å². The molecule has 0 saturated heterocycles. The molecule has 0 aliphatic rings. The van der Waals surface area contributed by atoms with Gasteiger partial charge in [0.05, 0.1) is 14.2 Å². The molecule has 0 fully saturated rings. The molecule has 0 amide bonds. The first-order valence-electron chi connectivity index (χ1n) is 6.01. The molecule has 2 N–H and O–H groups in total. The molecule has 3 nitrogen and oxygen atoms in total. The number of hydrogen-bond donors (Lipinski definition) is 1. The maximum Gasteiger partial charge on any atom is 0.130 e. The number of nitrogen functional groups attached to an aromatic ring is 1. The van der Waals surface area contributed by atoms with Crippen LogP contribution in [0.4, 0.5) is 5.82 Å². The minimum Gasteiger partial charge on any atom is -0.383 e. The van der Waals surface area contributed by atoms with Gasteiger partial charge in [-0.1, -0.05) is 29.8 Å². The van der Waals surface area contributed by atoms with E-state index in [4.69, 9.17) is 17.3 Å². The van der Waals surface area contributed by atoms with E-state index in [1.165, 1.54) is 0 Å². The first kappa shape index (κ1) is 15.1. The molecule has 21 heavy (non-hydrogen) atoms. The molecule has 0 aliphatic carbocycles. The Morgan fingerprint density at radius 1 is 1.29 bits per heavy atom. The summed E-state index contributed by atoms with van der Waals surface area (Å²) in [5.74, 6) is 0.596. The molecule has 1 aromatic carbocycles. The van der Waals surface area contributed by atoms with E-state index in [1.54, 1.807) is 16.0 Å². The number of nitrogens with zero attached hydrogens (tertiary/aromatic N) is 2. The van der Waals surface area contributed by atoms with Crippen LogP contribution in [-0.4, -0.2) is 9.78 Å². The Bertz CT molecular complexity index is 806. The number of nitrogens with two attached hydrogens (primary N) is 1. The van der Waals surface area contributed by atoms with Gasteiger partial charge in [-0.3, -0.25) is 4.68 Å². The first-order chi connectivity index (χ1) is 9.99. The largest absolute Gasteiger partial charge is 0.383 e. The summed E-state index contributed by atoms with van der Waals surface area (Å²) in [5.41, 5.74) is 8.80. The van der Waals surface area contributed by atoms with Crippen LogP contribution in [0.25, 0.3) is 21.7 Å². The number of benzene rings is 1. The zero-order chi connectivity index (χ0) is 15.1. The second kappa shape index (κ2) is 5.76. The zero-order valence-corrected chi connectivity index (χ0v) is 15.6. The summed E-state index contributed by atoms with van der Waals surface area (Å²) < 4.78 is 3.69. The normalized spacial score (nSPS) is 11.0. The van der Waals surface area contributed by atoms with Gasteiger partial charge in [0, 0.05) is 22.1 Å². The summed E-state index contributed by atoms with van der Waals surface area (Å²) >= 11 is 14.9. The minimum absolute atomic E-state index is 0.596. The predicted octanol–water partition coefficient (Wildman–Crippen LogP) is 5.58. The third-order valence-electron chi connectivity index (χ3n) is 3.11. The van der Waals surface area contributed by atoms with Gasteiger partial charge in [-0.15, -0.1) is 11.3 Å². The van der Waals surface area contributed by atoms with Gasteiger partial charge in [-0.05, 0) is 44.0 Å². The molecule has 3 aromatic rings. The summed E-state index contributed by atoms with van der Waals surface area (Å²) in [6.45, 7) is 0. The molecule has 2 heterocycles. The lowest BCUT2D eigenvalue weighted by atomic mass is 10.0. The molecule has 7 heteroatoms. The molecule has 0 radical (unpaired) electrons. The predicted molar refractivity (Wildman–Crippen MR) is 96.8 cm³/mol. The van der Waals surface area contributed by atoms with Crippen LogP contribution in [0.3, 0.4) is 0 Å². The van der Waals surface area contributed by atoms with Crippen LogP contribution in [-0.2, 0) is 7.05 Å². The summed E-state index contributed by atoms with van der Waals surface area (Å²) in [7, 11) is 1.83. The summed E-state index contributed by atoms with van der Waals surface area (Å²) in [6, 6.07) is 9.68. The maximum absolute atomic E-state index is 6.33. The van der Waals surface area contributed by atoms with Gasteiger partial charge in [-0.2, -0.15) is 5.10 Å². The lowest BCUT2D eigenvalue weighted by molar-refractivity contribution is 0.783. The number of aromatic nitrogens is 2. The van der Waals surface area contributed by atoms with E-state index < -0.39 is 0 Å². The minimum atomic E-state index is 0.596. The van der Waals surface area contributed by atoms with Crippen LogP contribution in [0, 0.1) is 0 Å². The van der Waals surface area contributed by atoms with Crippen LogP contribution in [0.1, 0.15) is 0 Å². The van der Waals surface area contributed by atoms with Crippen LogP contribution >= 0.6 is 54.8 Å². The maximum atomic E-state index is 6.33. The van der Waals surface area contributed by atoms with Crippen molar-refractivity contribution in [3.8, 4) is 21.7 Å². The molecule has 0 spiro atoms. The second-order valence-electron chi connectivity index (χ2n) is 4.44. The van der Waals surface area contributed by atoms with Crippen LogP contribution < -0.4 is 5.73 Å². The summed E-state index contributed by atoms with van der Waals surface area (Å²) in [4.78, 5) is 1.02. The van der Waals surface area contributed by atoms with E-state index in [0.29, 0.717) is 10.8 Å². The third kappa shape index (κ3) is 2.65. The number of rotatable bonds is 2. The van der Waals surface area contributed by atoms with Crippen LogP contribution in [0.5, 0.6) is 0 Å². The Morgan fingerprint density at radius 2 is 2.00 bits per heavy atom. The Hall–Kier alpha value is -0.820. The van der Waals surface area contributed by atoms with Gasteiger partial charge in [0.15, 0.2) is 0 Å². The van der Waals surface area contributed by atoms with Crippen LogP contribution in [0.2, 0.25) is 5.02 Å². The fourth-order valence-electron chi connectivity index (χ4n) is 2.10. The van der Waals surface area contributed by atoms with E-state index in [-0.39, 0.29) is 0 Å². The number of hydrogen-bond acceptors (Lipinski definition) is 3. The van der Waals surface area contributed by atoms with Crippen molar-refractivity contribution in [2.75, 3.05) is 5.73 Å². The van der Waals surface area contributed by atoms with E-state index in [0.717, 1.165) is 30.0 Å². The van der Waals surface area contributed by atoms with E-state index in [2.05, 4.69) is 37.0 Å². The molecular formula is C14H10Br2ClN3S. The lowest BCUT2D eigenvalue weighted by Crippen LogP contribution is -1.98. The van der Waals surface area contributed by atoms with Gasteiger partial charge in [0.2, 0.25) is 0 Å². The fourth-order valence-corrected chi connectivity index (χ4v) is 4.36. The molecule has 0 bridgehead atoms. The molecule has 3 rings (SSSR count). The van der Waals surface area contributed by atoms with Crippen molar-refractivity contribution in [3.63, 3.8) is 0 Å². The second-order valence-corrected chi connectivity index (χ2v) is 8.08. The van der Waals surface area contributed by atoms with Gasteiger partial charge >= 0.3 is 0 Å². The Balaban J connectivity index is 2.28. The summed E-state index contributed by atoms with van der Waals surface area (Å²) in [6.07, 6.45) is 0. The highest BCUT2D eigenvalue weighted by Gasteiger charge is 2.21. The Kier molecular flexibility index (Phi) is 4.14. The lowest BCUT2D eigenvalue weighted by Gasteiger charge is -2.05. The smallest absolute Gasteiger partial charge is 0.130 e. The number of aryl methyl sites for hydroxylation is 1. The van der Waals surface area contributed by atoms with Crippen molar-refractivity contribution in [1.29, 1.82) is 0 Å².